The molecule has 0 saturated carbocycles. The predicted molar refractivity (Wildman–Crippen MR) is 134 cm³/mol. The molecule has 1 saturated heterocycles. The molecule has 2 aromatic rings. The topological polar surface area (TPSA) is 37.4 Å². The number of hydrogen-bond donors (Lipinski definition) is 0. The van der Waals surface area contributed by atoms with Gasteiger partial charge < -0.3 is 0 Å². The number of amides is 2. The zero-order chi connectivity index (χ0) is 23.1. The van der Waals surface area contributed by atoms with Gasteiger partial charge in [0.1, 0.15) is 0 Å². The number of para-hydroxylation sites is 1. The summed E-state index contributed by atoms with van der Waals surface area (Å²) in [4.78, 5) is 28.6. The lowest BCUT2D eigenvalue weighted by molar-refractivity contribution is -0.122. The summed E-state index contributed by atoms with van der Waals surface area (Å²) in [6.07, 6.45) is 4.06. The summed E-state index contributed by atoms with van der Waals surface area (Å²) in [5.41, 5.74) is 2.15. The summed E-state index contributed by atoms with van der Waals surface area (Å²) in [6, 6.07) is 21.2. The number of fused-ring (bicyclic) bond motifs is 1. The van der Waals surface area contributed by atoms with E-state index in [1.165, 1.54) is 15.7 Å². The quantitative estimate of drug-likeness (QED) is 0.406. The van der Waals surface area contributed by atoms with E-state index in [-0.39, 0.29) is 35.0 Å². The number of anilines is 1. The van der Waals surface area contributed by atoms with Gasteiger partial charge in [-0.3, -0.25) is 14.5 Å². The summed E-state index contributed by atoms with van der Waals surface area (Å²) in [7, 11) is -1.79. The molecule has 2 aliphatic rings. The maximum Gasteiger partial charge on any atom is 0.238 e. The van der Waals surface area contributed by atoms with Crippen molar-refractivity contribution in [2.24, 2.45) is 23.2 Å². The summed E-state index contributed by atoms with van der Waals surface area (Å²) >= 11 is 0. The third-order valence-corrected chi connectivity index (χ3v) is 10.4. The first-order valence-corrected chi connectivity index (χ1v) is 15.0. The first kappa shape index (κ1) is 22.7. The number of carbonyl (C=O) groups is 2. The lowest BCUT2D eigenvalue weighted by atomic mass is 9.71. The minimum atomic E-state index is -1.79. The van der Waals surface area contributed by atoms with Gasteiger partial charge in [0.2, 0.25) is 11.8 Å². The lowest BCUT2D eigenvalue weighted by Gasteiger charge is -2.38. The summed E-state index contributed by atoms with van der Waals surface area (Å²) in [5, 5.41) is 1.45. The monoisotopic (exact) mass is 445 g/mol. The zero-order valence-corrected chi connectivity index (χ0v) is 21.0. The van der Waals surface area contributed by atoms with E-state index in [4.69, 9.17) is 0 Å². The Morgan fingerprint density at radius 2 is 1.50 bits per heavy atom. The van der Waals surface area contributed by atoms with Crippen LogP contribution in [-0.2, 0) is 15.6 Å². The number of hydrogen-bond acceptors (Lipinski definition) is 2. The molecule has 1 heterocycles. The van der Waals surface area contributed by atoms with E-state index >= 15 is 0 Å². The van der Waals surface area contributed by atoms with E-state index in [0.717, 1.165) is 18.9 Å². The molecule has 0 bridgehead atoms. The second-order valence-corrected chi connectivity index (χ2v) is 16.1. The maximum absolute atomic E-state index is 13.6. The smallest absolute Gasteiger partial charge is 0.238 e. The third-order valence-electron chi connectivity index (χ3n) is 7.01. The van der Waals surface area contributed by atoms with E-state index in [9.17, 15) is 9.59 Å². The molecule has 32 heavy (non-hydrogen) atoms. The zero-order valence-electron chi connectivity index (χ0n) is 20.0. The van der Waals surface area contributed by atoms with Crippen LogP contribution in [0.3, 0.4) is 0 Å². The highest BCUT2D eigenvalue weighted by Gasteiger charge is 2.54. The molecule has 2 aromatic carbocycles. The van der Waals surface area contributed by atoms with Crippen molar-refractivity contribution in [3.8, 4) is 0 Å². The molecule has 1 aliphatic heterocycles. The number of benzene rings is 2. The first-order chi connectivity index (χ1) is 15.1. The van der Waals surface area contributed by atoms with Gasteiger partial charge in [0.15, 0.2) is 0 Å². The molecule has 0 spiro atoms. The molecule has 3 atom stereocenters. The highest BCUT2D eigenvalue weighted by molar-refractivity contribution is 6.83. The minimum absolute atomic E-state index is 0.0137. The van der Waals surface area contributed by atoms with Crippen molar-refractivity contribution in [1.29, 1.82) is 0 Å². The van der Waals surface area contributed by atoms with Crippen molar-refractivity contribution in [3.05, 3.63) is 77.5 Å². The summed E-state index contributed by atoms with van der Waals surface area (Å²) in [6.45, 7) is 11.5. The Morgan fingerprint density at radius 3 is 2.09 bits per heavy atom. The summed E-state index contributed by atoms with van der Waals surface area (Å²) < 4.78 is 0. The van der Waals surface area contributed by atoms with Crippen LogP contribution in [0.2, 0.25) is 13.1 Å². The van der Waals surface area contributed by atoms with Crippen LogP contribution in [0, 0.1) is 23.2 Å². The highest BCUT2D eigenvalue weighted by Crippen LogP contribution is 2.48. The van der Waals surface area contributed by atoms with E-state index in [0.29, 0.717) is 5.69 Å². The van der Waals surface area contributed by atoms with Crippen molar-refractivity contribution in [2.75, 3.05) is 4.90 Å². The van der Waals surface area contributed by atoms with Crippen molar-refractivity contribution in [2.45, 2.75) is 52.8 Å². The Hall–Kier alpha value is -2.46. The van der Waals surface area contributed by atoms with Crippen molar-refractivity contribution < 1.29 is 9.59 Å². The number of nitrogens with zero attached hydrogens (tertiary/aromatic N) is 1. The average Bonchev–Trinajstić information content (AvgIpc) is 2.98. The fourth-order valence-corrected chi connectivity index (χ4v) is 8.48. The third kappa shape index (κ3) is 4.51. The second-order valence-electron chi connectivity index (χ2n) is 11.4. The molecule has 0 aromatic heterocycles. The number of rotatable bonds is 5. The van der Waals surface area contributed by atoms with Gasteiger partial charge >= 0.3 is 0 Å². The van der Waals surface area contributed by atoms with Crippen molar-refractivity contribution in [1.82, 2.24) is 0 Å². The number of imide groups is 1. The molecular formula is C28H35NO2Si. The van der Waals surface area contributed by atoms with Gasteiger partial charge in [0.25, 0.3) is 0 Å². The van der Waals surface area contributed by atoms with Crippen LogP contribution in [0.4, 0.5) is 5.69 Å². The van der Waals surface area contributed by atoms with Crippen LogP contribution < -0.4 is 4.90 Å². The minimum Gasteiger partial charge on any atom is -0.274 e. The van der Waals surface area contributed by atoms with E-state index in [2.05, 4.69) is 70.3 Å². The van der Waals surface area contributed by atoms with Crippen LogP contribution in [0.1, 0.15) is 39.2 Å². The van der Waals surface area contributed by atoms with Crippen LogP contribution in [0.5, 0.6) is 0 Å². The predicted octanol–water partition coefficient (Wildman–Crippen LogP) is 6.20. The fourth-order valence-electron chi connectivity index (χ4n) is 5.56. The molecule has 4 heteroatoms. The molecule has 4 rings (SSSR count). The second kappa shape index (κ2) is 8.47. The molecule has 3 nitrogen and oxygen atoms in total. The molecule has 0 N–H and O–H groups in total. The van der Waals surface area contributed by atoms with E-state index < -0.39 is 8.07 Å². The Balaban J connectivity index is 1.70. The van der Waals surface area contributed by atoms with E-state index in [1.807, 2.05) is 30.3 Å². The molecular weight excluding hydrogens is 410 g/mol. The first-order valence-electron chi connectivity index (χ1n) is 11.7. The van der Waals surface area contributed by atoms with Gasteiger partial charge in [-0.05, 0) is 42.4 Å². The number of allylic oxidation sites excluding steroid dienone is 2. The van der Waals surface area contributed by atoms with Gasteiger partial charge in [-0.2, -0.15) is 0 Å². The van der Waals surface area contributed by atoms with Gasteiger partial charge in [0.05, 0.1) is 25.6 Å². The van der Waals surface area contributed by atoms with Gasteiger partial charge in [-0.1, -0.05) is 99.2 Å². The molecule has 0 unspecified atom stereocenters. The largest absolute Gasteiger partial charge is 0.274 e. The van der Waals surface area contributed by atoms with Crippen molar-refractivity contribution in [3.63, 3.8) is 0 Å². The van der Waals surface area contributed by atoms with Crippen LogP contribution in [0.15, 0.2) is 71.9 Å². The van der Waals surface area contributed by atoms with Crippen molar-refractivity contribution >= 4 is 25.6 Å². The molecule has 2 amide bonds. The number of carbonyl (C=O) groups excluding carboxylic acids is 2. The molecule has 0 radical (unpaired) electrons. The Kier molecular flexibility index (Phi) is 6.02. The van der Waals surface area contributed by atoms with Crippen LogP contribution in [0.25, 0.3) is 0 Å². The standard InChI is InChI=1S/C28H35NO2Si/c1-28(2,3)18-21-16-23(32(4,5)19-20-12-8-6-9-13-20)17-24-25(21)27(31)29(26(24)30)22-14-10-7-11-15-22/h6-16,21,24-25H,17-19H2,1-5H3/t21-,24-,25+/m0/s1. The van der Waals surface area contributed by atoms with Gasteiger partial charge in [-0.15, -0.1) is 0 Å². The van der Waals surface area contributed by atoms with Crippen LogP contribution >= 0.6 is 0 Å². The molecule has 1 aliphatic carbocycles. The maximum atomic E-state index is 13.6. The van der Waals surface area contributed by atoms with E-state index in [1.54, 1.807) is 0 Å². The molecule has 168 valence electrons. The Bertz CT molecular complexity index is 1020. The Morgan fingerprint density at radius 1 is 0.906 bits per heavy atom. The average molecular weight is 446 g/mol. The molecule has 1 fully saturated rings. The van der Waals surface area contributed by atoms with Gasteiger partial charge in [-0.25, -0.2) is 0 Å². The van der Waals surface area contributed by atoms with Crippen LogP contribution in [-0.4, -0.2) is 19.9 Å². The SMILES string of the molecule is CC(C)(C)C[C@@H]1C=C([Si](C)(C)Cc2ccccc2)C[C@@H]2C(=O)N(c3ccccc3)C(=O)[C@@H]21. The lowest BCUT2D eigenvalue weighted by Crippen LogP contribution is -2.40. The summed E-state index contributed by atoms with van der Waals surface area (Å²) in [5.74, 6) is -0.403. The fraction of sp³-hybridized carbons (Fsp3) is 0.429. The highest BCUT2D eigenvalue weighted by atomic mass is 28.3. The normalized spacial score (nSPS) is 23.8. The Labute approximate surface area is 193 Å². The van der Waals surface area contributed by atoms with Gasteiger partial charge in [0, 0.05) is 0 Å².